The number of hydrogen-bond donors (Lipinski definition) is 2. The molecule has 2 aromatic rings. The van der Waals surface area contributed by atoms with Crippen LogP contribution in [0.4, 0.5) is 5.69 Å². The summed E-state index contributed by atoms with van der Waals surface area (Å²) in [6, 6.07) is 8.93. The number of rotatable bonds is 5. The minimum Gasteiger partial charge on any atom is -0.494 e. The molecular weight excluding hydrogens is 266 g/mol. The van der Waals surface area contributed by atoms with Crippen LogP contribution in [0.15, 0.2) is 36.5 Å². The van der Waals surface area contributed by atoms with Gasteiger partial charge in [-0.05, 0) is 44.2 Å². The molecule has 5 nitrogen and oxygen atoms in total. The number of benzene rings is 1. The van der Waals surface area contributed by atoms with Crippen LogP contribution in [0, 0.1) is 6.92 Å². The van der Waals surface area contributed by atoms with Gasteiger partial charge in [0, 0.05) is 29.7 Å². The van der Waals surface area contributed by atoms with Crippen LogP contribution >= 0.6 is 0 Å². The summed E-state index contributed by atoms with van der Waals surface area (Å²) in [5.74, 6) is 0.559. The smallest absolute Gasteiger partial charge is 0.257 e. The molecule has 0 fully saturated rings. The third kappa shape index (κ3) is 3.58. The average molecular weight is 285 g/mol. The number of carbonyl (C=O) groups is 1. The van der Waals surface area contributed by atoms with E-state index in [1.165, 1.54) is 0 Å². The summed E-state index contributed by atoms with van der Waals surface area (Å²) in [5, 5.41) is 2.85. The van der Waals surface area contributed by atoms with Gasteiger partial charge < -0.3 is 15.8 Å². The van der Waals surface area contributed by atoms with Crippen LogP contribution in [0.3, 0.4) is 0 Å². The highest BCUT2D eigenvalue weighted by atomic mass is 16.5. The number of nitrogens with one attached hydrogen (secondary N) is 1. The largest absolute Gasteiger partial charge is 0.494 e. The number of amides is 1. The highest BCUT2D eigenvalue weighted by molar-refractivity contribution is 6.05. The molecule has 1 amide bonds. The van der Waals surface area contributed by atoms with Gasteiger partial charge in [0.05, 0.1) is 12.2 Å². The van der Waals surface area contributed by atoms with Crippen molar-refractivity contribution in [2.24, 2.45) is 5.73 Å². The fourth-order valence-corrected chi connectivity index (χ4v) is 2.04. The third-order valence-corrected chi connectivity index (χ3v) is 3.09. The Morgan fingerprint density at radius 2 is 2.19 bits per heavy atom. The maximum absolute atomic E-state index is 12.2. The zero-order valence-corrected chi connectivity index (χ0v) is 12.2. The molecule has 0 atom stereocenters. The number of nitrogens with two attached hydrogens (primary N) is 1. The molecule has 2 rings (SSSR count). The van der Waals surface area contributed by atoms with Gasteiger partial charge in [-0.3, -0.25) is 9.78 Å². The van der Waals surface area contributed by atoms with E-state index in [-0.39, 0.29) is 5.91 Å². The zero-order valence-electron chi connectivity index (χ0n) is 12.2. The molecule has 0 aliphatic rings. The van der Waals surface area contributed by atoms with Gasteiger partial charge in [-0.15, -0.1) is 0 Å². The molecule has 0 unspecified atom stereocenters. The lowest BCUT2D eigenvalue weighted by molar-refractivity contribution is 0.102. The predicted molar refractivity (Wildman–Crippen MR) is 82.4 cm³/mol. The number of aryl methyl sites for hydroxylation is 1. The second kappa shape index (κ2) is 6.85. The van der Waals surface area contributed by atoms with Crippen LogP contribution < -0.4 is 15.8 Å². The Kier molecular flexibility index (Phi) is 4.90. The van der Waals surface area contributed by atoms with Gasteiger partial charge >= 0.3 is 0 Å². The first kappa shape index (κ1) is 15.0. The van der Waals surface area contributed by atoms with Gasteiger partial charge in [-0.25, -0.2) is 0 Å². The number of nitrogens with zero attached hydrogens (tertiary/aromatic N) is 1. The van der Waals surface area contributed by atoms with E-state index >= 15 is 0 Å². The standard InChI is InChI=1S/C16H19N3O2/c1-3-21-15-7-6-13(9-12(15)10-17)19-16(20)14-5-4-8-18-11(14)2/h4-9H,3,10,17H2,1-2H3,(H,19,20). The first-order chi connectivity index (χ1) is 10.2. The Hall–Kier alpha value is -2.40. The SMILES string of the molecule is CCOc1ccc(NC(=O)c2cccnc2C)cc1CN. The summed E-state index contributed by atoms with van der Waals surface area (Å²) in [6.45, 7) is 4.65. The van der Waals surface area contributed by atoms with Gasteiger partial charge in [-0.1, -0.05) is 0 Å². The Morgan fingerprint density at radius 3 is 2.86 bits per heavy atom. The lowest BCUT2D eigenvalue weighted by Crippen LogP contribution is -2.14. The van der Waals surface area contributed by atoms with E-state index in [0.717, 1.165) is 11.3 Å². The Labute approximate surface area is 124 Å². The van der Waals surface area contributed by atoms with Crippen molar-refractivity contribution in [1.29, 1.82) is 0 Å². The van der Waals surface area contributed by atoms with E-state index < -0.39 is 0 Å². The molecule has 5 heteroatoms. The molecule has 1 heterocycles. The van der Waals surface area contributed by atoms with Crippen molar-refractivity contribution in [1.82, 2.24) is 4.98 Å². The van der Waals surface area contributed by atoms with Crippen molar-refractivity contribution in [2.45, 2.75) is 20.4 Å². The molecule has 0 saturated carbocycles. The van der Waals surface area contributed by atoms with Crippen LogP contribution in [-0.2, 0) is 6.54 Å². The number of hydrogen-bond acceptors (Lipinski definition) is 4. The van der Waals surface area contributed by atoms with Crippen molar-refractivity contribution in [3.8, 4) is 5.75 Å². The molecule has 0 saturated heterocycles. The Morgan fingerprint density at radius 1 is 1.38 bits per heavy atom. The minimum atomic E-state index is -0.187. The maximum Gasteiger partial charge on any atom is 0.257 e. The van der Waals surface area contributed by atoms with Crippen molar-refractivity contribution in [3.63, 3.8) is 0 Å². The van der Waals surface area contributed by atoms with Gasteiger partial charge in [-0.2, -0.15) is 0 Å². The van der Waals surface area contributed by atoms with Crippen molar-refractivity contribution < 1.29 is 9.53 Å². The summed E-state index contributed by atoms with van der Waals surface area (Å²) >= 11 is 0. The summed E-state index contributed by atoms with van der Waals surface area (Å²) in [5.41, 5.74) is 8.51. The van der Waals surface area contributed by atoms with Crippen LogP contribution in [0.25, 0.3) is 0 Å². The lowest BCUT2D eigenvalue weighted by Gasteiger charge is -2.12. The average Bonchev–Trinajstić information content (AvgIpc) is 2.49. The van der Waals surface area contributed by atoms with Crippen LogP contribution in [-0.4, -0.2) is 17.5 Å². The minimum absolute atomic E-state index is 0.187. The number of ether oxygens (including phenoxy) is 1. The normalized spacial score (nSPS) is 10.2. The van der Waals surface area contributed by atoms with E-state index in [1.807, 2.05) is 19.1 Å². The molecule has 0 aliphatic carbocycles. The topological polar surface area (TPSA) is 77.2 Å². The summed E-state index contributed by atoms with van der Waals surface area (Å²) in [6.07, 6.45) is 1.66. The van der Waals surface area contributed by atoms with Crippen LogP contribution in [0.2, 0.25) is 0 Å². The van der Waals surface area contributed by atoms with Crippen LogP contribution in [0.5, 0.6) is 5.75 Å². The molecule has 0 bridgehead atoms. The van der Waals surface area contributed by atoms with Gasteiger partial charge in [0.25, 0.3) is 5.91 Å². The van der Waals surface area contributed by atoms with E-state index in [0.29, 0.717) is 30.1 Å². The first-order valence-corrected chi connectivity index (χ1v) is 6.84. The predicted octanol–water partition coefficient (Wildman–Crippen LogP) is 2.50. The second-order valence-corrected chi connectivity index (χ2v) is 4.55. The summed E-state index contributed by atoms with van der Waals surface area (Å²) < 4.78 is 5.49. The third-order valence-electron chi connectivity index (χ3n) is 3.09. The molecule has 0 radical (unpaired) electrons. The van der Waals surface area contributed by atoms with Gasteiger partial charge in [0.2, 0.25) is 0 Å². The molecule has 1 aromatic heterocycles. The number of pyridine rings is 1. The van der Waals surface area contributed by atoms with Crippen molar-refractivity contribution in [2.75, 3.05) is 11.9 Å². The lowest BCUT2D eigenvalue weighted by atomic mass is 10.1. The van der Waals surface area contributed by atoms with Crippen LogP contribution in [0.1, 0.15) is 28.5 Å². The summed E-state index contributed by atoms with van der Waals surface area (Å²) in [7, 11) is 0. The van der Waals surface area contributed by atoms with E-state index in [9.17, 15) is 4.79 Å². The molecule has 110 valence electrons. The van der Waals surface area contributed by atoms with E-state index in [2.05, 4.69) is 10.3 Å². The van der Waals surface area contributed by atoms with E-state index in [1.54, 1.807) is 31.3 Å². The number of anilines is 1. The fraction of sp³-hybridized carbons (Fsp3) is 0.250. The number of aromatic nitrogens is 1. The Balaban J connectivity index is 2.20. The quantitative estimate of drug-likeness (QED) is 0.885. The Bertz CT molecular complexity index is 641. The maximum atomic E-state index is 12.2. The number of carbonyl (C=O) groups excluding carboxylic acids is 1. The van der Waals surface area contributed by atoms with Gasteiger partial charge in [0.15, 0.2) is 0 Å². The molecular formula is C16H19N3O2. The van der Waals surface area contributed by atoms with Crippen molar-refractivity contribution in [3.05, 3.63) is 53.3 Å². The molecule has 3 N–H and O–H groups in total. The molecule has 1 aromatic carbocycles. The first-order valence-electron chi connectivity index (χ1n) is 6.84. The summed E-state index contributed by atoms with van der Waals surface area (Å²) in [4.78, 5) is 16.3. The zero-order chi connectivity index (χ0) is 15.2. The molecule has 0 aliphatic heterocycles. The van der Waals surface area contributed by atoms with Crippen molar-refractivity contribution >= 4 is 11.6 Å². The fourth-order valence-electron chi connectivity index (χ4n) is 2.04. The highest BCUT2D eigenvalue weighted by Crippen LogP contribution is 2.23. The molecule has 0 spiro atoms. The highest BCUT2D eigenvalue weighted by Gasteiger charge is 2.11. The monoisotopic (exact) mass is 285 g/mol. The van der Waals surface area contributed by atoms with E-state index in [4.69, 9.17) is 10.5 Å². The second-order valence-electron chi connectivity index (χ2n) is 4.55. The molecule has 21 heavy (non-hydrogen) atoms. The van der Waals surface area contributed by atoms with Gasteiger partial charge in [0.1, 0.15) is 5.75 Å².